The fraction of sp³-hybridized carbons (Fsp3) is 0.400. The summed E-state index contributed by atoms with van der Waals surface area (Å²) in [5, 5.41) is 0. The summed E-state index contributed by atoms with van der Waals surface area (Å²) in [5.41, 5.74) is 0.706. The van der Waals surface area contributed by atoms with E-state index in [1.54, 1.807) is 25.9 Å². The molecule has 0 aliphatic heterocycles. The molecule has 0 aliphatic rings. The Morgan fingerprint density at radius 3 is 1.92 bits per heavy atom. The van der Waals surface area contributed by atoms with Gasteiger partial charge in [0.25, 0.3) is 0 Å². The fourth-order valence-electron chi connectivity index (χ4n) is 1.19. The largest absolute Gasteiger partial charge is 0.377 e. The molecule has 0 saturated carbocycles. The minimum atomic E-state index is -0.466. The van der Waals surface area contributed by atoms with Crippen molar-refractivity contribution < 1.29 is 8.78 Å². The molecule has 0 bridgehead atoms. The molecule has 0 spiro atoms. The maximum Gasteiger partial charge on any atom is 0.131 e. The second kappa shape index (κ2) is 3.73. The van der Waals surface area contributed by atoms with Gasteiger partial charge in [0, 0.05) is 25.3 Å². The second-order valence-electron chi connectivity index (χ2n) is 3.14. The predicted molar refractivity (Wildman–Crippen MR) is 50.1 cm³/mol. The summed E-state index contributed by atoms with van der Waals surface area (Å²) in [6, 6.07) is 2.70. The van der Waals surface area contributed by atoms with E-state index in [0.717, 1.165) is 0 Å². The van der Waals surface area contributed by atoms with Crippen LogP contribution in [0.3, 0.4) is 0 Å². The van der Waals surface area contributed by atoms with Crippen molar-refractivity contribution in [3.8, 4) is 0 Å². The Morgan fingerprint density at radius 1 is 1.15 bits per heavy atom. The average Bonchev–Trinajstić information content (AvgIpc) is 2.03. The lowest BCUT2D eigenvalue weighted by molar-refractivity contribution is 0.559. The summed E-state index contributed by atoms with van der Waals surface area (Å²) in [4.78, 5) is 1.67. The van der Waals surface area contributed by atoms with Gasteiger partial charge in [0.2, 0.25) is 0 Å². The van der Waals surface area contributed by atoms with Gasteiger partial charge in [-0.2, -0.15) is 0 Å². The summed E-state index contributed by atoms with van der Waals surface area (Å²) < 4.78 is 26.4. The van der Waals surface area contributed by atoms with Crippen molar-refractivity contribution in [1.29, 1.82) is 0 Å². The molecule has 0 aromatic heterocycles. The zero-order chi connectivity index (χ0) is 10.0. The molecular weight excluding hydrogens is 172 g/mol. The molecular formula is C10H13F2N. The van der Waals surface area contributed by atoms with E-state index in [1.165, 1.54) is 12.1 Å². The Morgan fingerprint density at radius 2 is 1.62 bits per heavy atom. The van der Waals surface area contributed by atoms with E-state index in [9.17, 15) is 8.78 Å². The van der Waals surface area contributed by atoms with E-state index in [2.05, 4.69) is 0 Å². The van der Waals surface area contributed by atoms with Gasteiger partial charge >= 0.3 is 0 Å². The highest BCUT2D eigenvalue weighted by atomic mass is 19.1. The van der Waals surface area contributed by atoms with Crippen LogP contribution in [0.4, 0.5) is 14.5 Å². The topological polar surface area (TPSA) is 3.24 Å². The van der Waals surface area contributed by atoms with Crippen molar-refractivity contribution in [3.05, 3.63) is 29.3 Å². The zero-order valence-corrected chi connectivity index (χ0v) is 8.06. The van der Waals surface area contributed by atoms with E-state index in [0.29, 0.717) is 12.1 Å². The average molecular weight is 185 g/mol. The smallest absolute Gasteiger partial charge is 0.131 e. The number of nitrogens with zero attached hydrogens (tertiary/aromatic N) is 1. The predicted octanol–water partition coefficient (Wildman–Crippen LogP) is 2.59. The van der Waals surface area contributed by atoms with Crippen LogP contribution < -0.4 is 4.90 Å². The monoisotopic (exact) mass is 185 g/mol. The highest BCUT2D eigenvalue weighted by Gasteiger charge is 2.09. The third-order valence-electron chi connectivity index (χ3n) is 2.00. The molecule has 0 atom stereocenters. The first-order valence-electron chi connectivity index (χ1n) is 4.21. The molecule has 0 saturated heterocycles. The standard InChI is InChI=1S/C10H13F2N/c1-4-8-9(11)5-7(13(2)3)6-10(8)12/h5-6H,4H2,1-3H3. The summed E-state index contributed by atoms with van der Waals surface area (Å²) in [6.07, 6.45) is 0.380. The van der Waals surface area contributed by atoms with Crippen LogP contribution in [-0.4, -0.2) is 14.1 Å². The Kier molecular flexibility index (Phi) is 2.86. The minimum absolute atomic E-state index is 0.158. The van der Waals surface area contributed by atoms with Crippen LogP contribution >= 0.6 is 0 Å². The van der Waals surface area contributed by atoms with Crippen molar-refractivity contribution in [2.75, 3.05) is 19.0 Å². The van der Waals surface area contributed by atoms with Crippen LogP contribution in [0, 0.1) is 11.6 Å². The number of hydrogen-bond acceptors (Lipinski definition) is 1. The van der Waals surface area contributed by atoms with Gasteiger partial charge < -0.3 is 4.90 Å². The minimum Gasteiger partial charge on any atom is -0.377 e. The van der Waals surface area contributed by atoms with Crippen molar-refractivity contribution in [1.82, 2.24) is 0 Å². The van der Waals surface area contributed by atoms with Crippen molar-refractivity contribution in [3.63, 3.8) is 0 Å². The maximum absolute atomic E-state index is 13.2. The van der Waals surface area contributed by atoms with E-state index < -0.39 is 11.6 Å². The summed E-state index contributed by atoms with van der Waals surface area (Å²) in [6.45, 7) is 1.73. The quantitative estimate of drug-likeness (QED) is 0.684. The lowest BCUT2D eigenvalue weighted by Gasteiger charge is -2.13. The molecule has 0 radical (unpaired) electrons. The van der Waals surface area contributed by atoms with Gasteiger partial charge in [-0.3, -0.25) is 0 Å². The molecule has 1 nitrogen and oxygen atoms in total. The normalized spacial score (nSPS) is 10.2. The molecule has 0 N–H and O–H groups in total. The Hall–Kier alpha value is -1.12. The molecule has 0 unspecified atom stereocenters. The first-order valence-corrected chi connectivity index (χ1v) is 4.21. The molecule has 13 heavy (non-hydrogen) atoms. The number of halogens is 2. The summed E-state index contributed by atoms with van der Waals surface area (Å²) >= 11 is 0. The van der Waals surface area contributed by atoms with Gasteiger partial charge in [-0.25, -0.2) is 8.78 Å². The molecule has 0 heterocycles. The number of rotatable bonds is 2. The SMILES string of the molecule is CCc1c(F)cc(N(C)C)cc1F. The first kappa shape index (κ1) is 9.96. The molecule has 1 aromatic carbocycles. The molecule has 72 valence electrons. The molecule has 0 aliphatic carbocycles. The summed E-state index contributed by atoms with van der Waals surface area (Å²) in [7, 11) is 3.50. The van der Waals surface area contributed by atoms with Crippen LogP contribution in [0.1, 0.15) is 12.5 Å². The van der Waals surface area contributed by atoms with Crippen LogP contribution in [-0.2, 0) is 6.42 Å². The Bertz CT molecular complexity index is 285. The first-order chi connectivity index (χ1) is 6.06. The van der Waals surface area contributed by atoms with Gasteiger partial charge in [-0.1, -0.05) is 6.92 Å². The van der Waals surface area contributed by atoms with Gasteiger partial charge in [-0.15, -0.1) is 0 Å². The fourth-order valence-corrected chi connectivity index (χ4v) is 1.19. The highest BCUT2D eigenvalue weighted by molar-refractivity contribution is 5.47. The Balaban J connectivity index is 3.20. The van der Waals surface area contributed by atoms with Gasteiger partial charge in [0.05, 0.1) is 0 Å². The van der Waals surface area contributed by atoms with Crippen molar-refractivity contribution in [2.24, 2.45) is 0 Å². The van der Waals surface area contributed by atoms with E-state index in [1.807, 2.05) is 0 Å². The van der Waals surface area contributed by atoms with Gasteiger partial charge in [0.15, 0.2) is 0 Å². The lowest BCUT2D eigenvalue weighted by atomic mass is 10.1. The number of hydrogen-bond donors (Lipinski definition) is 0. The maximum atomic E-state index is 13.2. The van der Waals surface area contributed by atoms with E-state index in [4.69, 9.17) is 0 Å². The zero-order valence-electron chi connectivity index (χ0n) is 8.06. The molecule has 0 amide bonds. The summed E-state index contributed by atoms with van der Waals surface area (Å²) in [5.74, 6) is -0.933. The molecule has 3 heteroatoms. The number of benzene rings is 1. The molecule has 1 rings (SSSR count). The van der Waals surface area contributed by atoms with Crippen LogP contribution in [0.25, 0.3) is 0 Å². The van der Waals surface area contributed by atoms with E-state index in [-0.39, 0.29) is 5.56 Å². The second-order valence-corrected chi connectivity index (χ2v) is 3.14. The third kappa shape index (κ3) is 1.97. The van der Waals surface area contributed by atoms with E-state index >= 15 is 0 Å². The van der Waals surface area contributed by atoms with Crippen LogP contribution in [0.15, 0.2) is 12.1 Å². The third-order valence-corrected chi connectivity index (χ3v) is 2.00. The lowest BCUT2D eigenvalue weighted by Crippen LogP contribution is -2.10. The molecule has 1 aromatic rings. The van der Waals surface area contributed by atoms with Gasteiger partial charge in [-0.05, 0) is 18.6 Å². The molecule has 0 fully saturated rings. The number of anilines is 1. The van der Waals surface area contributed by atoms with Crippen LogP contribution in [0.2, 0.25) is 0 Å². The van der Waals surface area contributed by atoms with Crippen LogP contribution in [0.5, 0.6) is 0 Å². The highest BCUT2D eigenvalue weighted by Crippen LogP contribution is 2.20. The van der Waals surface area contributed by atoms with Gasteiger partial charge in [0.1, 0.15) is 11.6 Å². The Labute approximate surface area is 77.0 Å². The van der Waals surface area contributed by atoms with Crippen molar-refractivity contribution in [2.45, 2.75) is 13.3 Å². The van der Waals surface area contributed by atoms with Crippen molar-refractivity contribution >= 4 is 5.69 Å².